The van der Waals surface area contributed by atoms with Crippen LogP contribution in [-0.4, -0.2) is 38.4 Å². The maximum atomic E-state index is 13.9. The first-order chi connectivity index (χ1) is 17.7. The number of halogens is 12. The lowest BCUT2D eigenvalue weighted by Crippen LogP contribution is -2.36. The maximum Gasteiger partial charge on any atom is 0.459 e. The van der Waals surface area contributed by atoms with Crippen LogP contribution in [0.5, 0.6) is 0 Å². The van der Waals surface area contributed by atoms with E-state index in [4.69, 9.17) is 16.1 Å². The lowest BCUT2D eigenvalue weighted by molar-refractivity contribution is -0.292. The predicted octanol–water partition coefficient (Wildman–Crippen LogP) is 6.60. The average molecular weight is 599 g/mol. The zero-order valence-electron chi connectivity index (χ0n) is 19.0. The quantitative estimate of drug-likeness (QED) is 0.247. The van der Waals surface area contributed by atoms with Gasteiger partial charge in [0, 0.05) is 35.3 Å². The number of hydrogen-bond acceptors (Lipinski definition) is 5. The highest BCUT2D eigenvalue weighted by atomic mass is 35.5. The molecule has 1 aromatic carbocycles. The van der Waals surface area contributed by atoms with E-state index >= 15 is 0 Å². The van der Waals surface area contributed by atoms with E-state index < -0.39 is 65.3 Å². The van der Waals surface area contributed by atoms with Gasteiger partial charge >= 0.3 is 24.5 Å². The van der Waals surface area contributed by atoms with Crippen molar-refractivity contribution in [1.82, 2.24) is 20.3 Å². The van der Waals surface area contributed by atoms with Gasteiger partial charge < -0.3 is 9.63 Å². The Morgan fingerprint density at radius 3 is 2.23 bits per heavy atom. The normalized spacial score (nSPS) is 19.4. The van der Waals surface area contributed by atoms with Gasteiger partial charge in [-0.2, -0.15) is 53.4 Å². The maximum absolute atomic E-state index is 13.9. The minimum absolute atomic E-state index is 0.0197. The molecule has 1 unspecified atom stereocenters. The van der Waals surface area contributed by atoms with E-state index in [1.165, 1.54) is 12.1 Å². The van der Waals surface area contributed by atoms with Crippen LogP contribution in [0.2, 0.25) is 5.02 Å². The molecule has 4 rings (SSSR count). The first-order valence-electron chi connectivity index (χ1n) is 10.6. The van der Waals surface area contributed by atoms with Gasteiger partial charge in [0.2, 0.25) is 0 Å². The second-order valence-corrected chi connectivity index (χ2v) is 9.05. The number of aliphatic hydroxyl groups excluding tert-OH is 1. The van der Waals surface area contributed by atoms with E-state index in [0.29, 0.717) is 7.05 Å². The van der Waals surface area contributed by atoms with Gasteiger partial charge in [0.05, 0.1) is 5.92 Å². The van der Waals surface area contributed by atoms with Crippen molar-refractivity contribution < 1.29 is 57.9 Å². The SMILES string of the molecule is Cn1nc(C(F)(F)C(F)(F)F)c(C(F)(F)F)c1-c1cc(-c2ccc(Cl)c(C(O)N[C@H]3C[C@@H]3C(F)(F)F)c2)on1. The van der Waals surface area contributed by atoms with Crippen LogP contribution in [0.1, 0.15) is 29.5 Å². The molecule has 3 aromatic rings. The Labute approximate surface area is 215 Å². The van der Waals surface area contributed by atoms with Crippen LogP contribution in [-0.2, 0) is 19.1 Å². The Morgan fingerprint density at radius 1 is 1.05 bits per heavy atom. The molecule has 0 saturated heterocycles. The fourth-order valence-corrected chi connectivity index (χ4v) is 4.12. The number of rotatable bonds is 6. The van der Waals surface area contributed by atoms with Crippen molar-refractivity contribution in [2.24, 2.45) is 13.0 Å². The first-order valence-corrected chi connectivity index (χ1v) is 11.0. The third-order valence-corrected chi connectivity index (χ3v) is 6.24. The summed E-state index contributed by atoms with van der Waals surface area (Å²) in [5, 5.41) is 18.7. The summed E-state index contributed by atoms with van der Waals surface area (Å²) >= 11 is 6.02. The second-order valence-electron chi connectivity index (χ2n) is 8.64. The summed E-state index contributed by atoms with van der Waals surface area (Å²) in [5.74, 6) is -7.98. The van der Waals surface area contributed by atoms with Gasteiger partial charge in [-0.15, -0.1) is 0 Å². The van der Waals surface area contributed by atoms with E-state index in [1.54, 1.807) is 0 Å². The van der Waals surface area contributed by atoms with Crippen LogP contribution in [0.25, 0.3) is 22.7 Å². The zero-order chi connectivity index (χ0) is 29.3. The van der Waals surface area contributed by atoms with Crippen molar-refractivity contribution in [3.05, 3.63) is 46.1 Å². The molecule has 214 valence electrons. The fraction of sp³-hybridized carbons (Fsp3) is 0.429. The molecular formula is C21H14ClF11N4O2. The molecule has 0 aliphatic heterocycles. The van der Waals surface area contributed by atoms with Crippen molar-refractivity contribution in [3.63, 3.8) is 0 Å². The molecule has 0 amide bonds. The Balaban J connectivity index is 1.70. The van der Waals surface area contributed by atoms with E-state index in [0.717, 1.165) is 12.1 Å². The van der Waals surface area contributed by atoms with Crippen molar-refractivity contribution in [1.29, 1.82) is 0 Å². The molecule has 0 bridgehead atoms. The molecule has 1 aliphatic rings. The van der Waals surface area contributed by atoms with Gasteiger partial charge in [0.25, 0.3) is 0 Å². The zero-order valence-corrected chi connectivity index (χ0v) is 19.7. The monoisotopic (exact) mass is 598 g/mol. The Kier molecular flexibility index (Phi) is 6.96. The van der Waals surface area contributed by atoms with E-state index in [-0.39, 0.29) is 33.0 Å². The van der Waals surface area contributed by atoms with Gasteiger partial charge in [-0.3, -0.25) is 10.00 Å². The van der Waals surface area contributed by atoms with Crippen LogP contribution in [0.15, 0.2) is 28.8 Å². The number of aliphatic hydroxyl groups is 1. The molecule has 2 N–H and O–H groups in total. The lowest BCUT2D eigenvalue weighted by Gasteiger charge is -2.19. The highest BCUT2D eigenvalue weighted by Gasteiger charge is 2.64. The van der Waals surface area contributed by atoms with Crippen LogP contribution < -0.4 is 5.32 Å². The largest absolute Gasteiger partial charge is 0.459 e. The van der Waals surface area contributed by atoms with E-state index in [1.807, 2.05) is 0 Å². The minimum Gasteiger partial charge on any atom is -0.374 e. The van der Waals surface area contributed by atoms with Crippen LogP contribution in [0.4, 0.5) is 48.3 Å². The van der Waals surface area contributed by atoms with Crippen molar-refractivity contribution >= 4 is 11.6 Å². The second kappa shape index (κ2) is 9.33. The van der Waals surface area contributed by atoms with Gasteiger partial charge in [0.15, 0.2) is 11.5 Å². The van der Waals surface area contributed by atoms with Crippen LogP contribution in [0, 0.1) is 5.92 Å². The molecule has 2 heterocycles. The molecule has 0 spiro atoms. The molecule has 39 heavy (non-hydrogen) atoms. The van der Waals surface area contributed by atoms with Gasteiger partial charge in [-0.05, 0) is 24.6 Å². The smallest absolute Gasteiger partial charge is 0.374 e. The van der Waals surface area contributed by atoms with Crippen LogP contribution in [0.3, 0.4) is 0 Å². The number of benzene rings is 1. The Bertz CT molecular complexity index is 1380. The topological polar surface area (TPSA) is 76.1 Å². The molecule has 6 nitrogen and oxygen atoms in total. The molecule has 1 fully saturated rings. The van der Waals surface area contributed by atoms with Crippen LogP contribution >= 0.6 is 11.6 Å². The van der Waals surface area contributed by atoms with Gasteiger partial charge in [-0.1, -0.05) is 16.8 Å². The van der Waals surface area contributed by atoms with E-state index in [9.17, 15) is 53.4 Å². The summed E-state index contributed by atoms with van der Waals surface area (Å²) in [4.78, 5) is 0. The summed E-state index contributed by atoms with van der Waals surface area (Å²) in [6.07, 6.45) is -18.6. The van der Waals surface area contributed by atoms with Gasteiger partial charge in [-0.25, -0.2) is 0 Å². The molecule has 3 atom stereocenters. The van der Waals surface area contributed by atoms with E-state index in [2.05, 4.69) is 15.6 Å². The third kappa shape index (κ3) is 5.43. The molecular weight excluding hydrogens is 585 g/mol. The third-order valence-electron chi connectivity index (χ3n) is 5.89. The molecule has 18 heteroatoms. The van der Waals surface area contributed by atoms with Crippen molar-refractivity contribution in [2.45, 2.75) is 43.1 Å². The lowest BCUT2D eigenvalue weighted by atomic mass is 10.0. The number of aromatic nitrogens is 3. The number of nitrogens with one attached hydrogen (secondary N) is 1. The Morgan fingerprint density at radius 2 is 1.69 bits per heavy atom. The number of alkyl halides is 11. The molecule has 2 aromatic heterocycles. The number of aryl methyl sites for hydroxylation is 1. The number of nitrogens with zero attached hydrogens (tertiary/aromatic N) is 3. The summed E-state index contributed by atoms with van der Waals surface area (Å²) < 4.78 is 151. The first kappa shape index (κ1) is 29.1. The minimum atomic E-state index is -6.39. The number of hydrogen-bond donors (Lipinski definition) is 2. The highest BCUT2D eigenvalue weighted by molar-refractivity contribution is 6.31. The average Bonchev–Trinajstić information content (AvgIpc) is 3.23. The summed E-state index contributed by atoms with van der Waals surface area (Å²) in [6, 6.07) is 3.23. The molecule has 1 saturated carbocycles. The summed E-state index contributed by atoms with van der Waals surface area (Å²) in [5.41, 5.74) is -7.17. The Hall–Kier alpha value is -2.92. The van der Waals surface area contributed by atoms with Crippen molar-refractivity contribution in [2.75, 3.05) is 0 Å². The summed E-state index contributed by atoms with van der Waals surface area (Å²) in [6.45, 7) is 0. The molecule has 0 radical (unpaired) electrons. The molecule has 1 aliphatic carbocycles. The van der Waals surface area contributed by atoms with Gasteiger partial charge in [0.1, 0.15) is 23.2 Å². The standard InChI is InChI=1S/C21H14ClF11N4O2/c1-37-15(14(20(28,29)30)16(35-37)18(23,24)21(31,32)33)12-6-13(39-36-12)7-2-3-10(22)8(4-7)17(38)34-11-5-9(11)19(25,26)27/h2-4,6,9,11,17,34,38H,5H2,1H3/t9-,11-,17?/m0/s1. The summed E-state index contributed by atoms with van der Waals surface area (Å²) in [7, 11) is 0.698. The van der Waals surface area contributed by atoms with Crippen molar-refractivity contribution in [3.8, 4) is 22.7 Å². The predicted molar refractivity (Wildman–Crippen MR) is 110 cm³/mol. The highest BCUT2D eigenvalue weighted by Crippen LogP contribution is 2.50. The fourth-order valence-electron chi connectivity index (χ4n) is 3.90.